The van der Waals surface area contributed by atoms with E-state index in [0.29, 0.717) is 11.5 Å². The molecule has 0 atom stereocenters. The summed E-state index contributed by atoms with van der Waals surface area (Å²) in [6.45, 7) is 0. The van der Waals surface area contributed by atoms with E-state index in [-0.39, 0.29) is 15.2 Å². The van der Waals surface area contributed by atoms with Crippen LogP contribution in [-0.4, -0.2) is 9.97 Å². The highest BCUT2D eigenvalue weighted by atomic mass is 35.5. The standard InChI is InChI=1S/C10H5Cl3FN3/c11-6-1-5(14)2-7(12)10(6)17-9-3-8(13)15-4-16-9/h1-4H,(H,15,16,17). The zero-order chi connectivity index (χ0) is 12.4. The van der Waals surface area contributed by atoms with E-state index in [1.165, 1.54) is 12.4 Å². The summed E-state index contributed by atoms with van der Waals surface area (Å²) >= 11 is 17.4. The second-order valence-electron chi connectivity index (χ2n) is 3.10. The Labute approximate surface area is 112 Å². The second kappa shape index (κ2) is 5.04. The average molecular weight is 293 g/mol. The van der Waals surface area contributed by atoms with Crippen LogP contribution in [0.15, 0.2) is 24.5 Å². The molecular weight excluding hydrogens is 287 g/mol. The molecule has 0 aliphatic heterocycles. The van der Waals surface area contributed by atoms with Crippen molar-refractivity contribution in [2.75, 3.05) is 5.32 Å². The molecule has 0 saturated carbocycles. The molecule has 88 valence electrons. The molecule has 1 N–H and O–H groups in total. The molecule has 2 rings (SSSR count). The first-order chi connectivity index (χ1) is 8.06. The summed E-state index contributed by atoms with van der Waals surface area (Å²) in [6, 6.07) is 3.80. The molecule has 3 nitrogen and oxygen atoms in total. The van der Waals surface area contributed by atoms with Crippen LogP contribution in [0.1, 0.15) is 0 Å². The van der Waals surface area contributed by atoms with Gasteiger partial charge < -0.3 is 5.32 Å². The van der Waals surface area contributed by atoms with Gasteiger partial charge in [-0.2, -0.15) is 0 Å². The van der Waals surface area contributed by atoms with Gasteiger partial charge in [0.15, 0.2) is 0 Å². The van der Waals surface area contributed by atoms with Crippen LogP contribution >= 0.6 is 34.8 Å². The average Bonchev–Trinajstić information content (AvgIpc) is 2.23. The highest BCUT2D eigenvalue weighted by Gasteiger charge is 2.09. The molecule has 0 radical (unpaired) electrons. The molecule has 0 fully saturated rings. The summed E-state index contributed by atoms with van der Waals surface area (Å²) < 4.78 is 13.0. The van der Waals surface area contributed by atoms with Crippen molar-refractivity contribution in [3.63, 3.8) is 0 Å². The minimum absolute atomic E-state index is 0.157. The van der Waals surface area contributed by atoms with E-state index in [4.69, 9.17) is 34.8 Å². The van der Waals surface area contributed by atoms with Crippen molar-refractivity contribution >= 4 is 46.3 Å². The Morgan fingerprint density at radius 1 is 1.00 bits per heavy atom. The van der Waals surface area contributed by atoms with Crippen molar-refractivity contribution in [1.82, 2.24) is 9.97 Å². The quantitative estimate of drug-likeness (QED) is 0.838. The van der Waals surface area contributed by atoms with Crippen molar-refractivity contribution < 1.29 is 4.39 Å². The van der Waals surface area contributed by atoms with E-state index in [1.54, 1.807) is 0 Å². The first-order valence-electron chi connectivity index (χ1n) is 4.45. The van der Waals surface area contributed by atoms with Crippen molar-refractivity contribution in [3.8, 4) is 0 Å². The third kappa shape index (κ3) is 2.97. The molecule has 7 heteroatoms. The van der Waals surface area contributed by atoms with Gasteiger partial charge in [0, 0.05) is 6.07 Å². The van der Waals surface area contributed by atoms with Crippen LogP contribution < -0.4 is 5.32 Å². The smallest absolute Gasteiger partial charge is 0.135 e. The molecule has 0 saturated heterocycles. The molecule has 0 aliphatic carbocycles. The number of nitrogens with one attached hydrogen (secondary N) is 1. The highest BCUT2D eigenvalue weighted by molar-refractivity contribution is 6.39. The van der Waals surface area contributed by atoms with Crippen molar-refractivity contribution in [3.05, 3.63) is 45.5 Å². The summed E-state index contributed by atoms with van der Waals surface area (Å²) in [7, 11) is 0. The number of benzene rings is 1. The fraction of sp³-hybridized carbons (Fsp3) is 0. The van der Waals surface area contributed by atoms with Crippen LogP contribution in [0.5, 0.6) is 0 Å². The van der Waals surface area contributed by atoms with Crippen molar-refractivity contribution in [1.29, 1.82) is 0 Å². The minimum Gasteiger partial charge on any atom is -0.338 e. The SMILES string of the molecule is Fc1cc(Cl)c(Nc2cc(Cl)ncn2)c(Cl)c1. The van der Waals surface area contributed by atoms with Crippen LogP contribution in [0.25, 0.3) is 0 Å². The number of halogens is 4. The van der Waals surface area contributed by atoms with E-state index >= 15 is 0 Å². The molecule has 0 bridgehead atoms. The van der Waals surface area contributed by atoms with Gasteiger partial charge in [-0.1, -0.05) is 34.8 Å². The van der Waals surface area contributed by atoms with Gasteiger partial charge in [-0.15, -0.1) is 0 Å². The van der Waals surface area contributed by atoms with E-state index in [2.05, 4.69) is 15.3 Å². The lowest BCUT2D eigenvalue weighted by atomic mass is 10.3. The first-order valence-corrected chi connectivity index (χ1v) is 5.59. The zero-order valence-electron chi connectivity index (χ0n) is 8.22. The zero-order valence-corrected chi connectivity index (χ0v) is 10.5. The Morgan fingerprint density at radius 3 is 2.24 bits per heavy atom. The van der Waals surface area contributed by atoms with Crippen molar-refractivity contribution in [2.24, 2.45) is 0 Å². The molecule has 17 heavy (non-hydrogen) atoms. The molecule has 0 aliphatic rings. The third-order valence-electron chi connectivity index (χ3n) is 1.89. The molecule has 1 heterocycles. The fourth-order valence-electron chi connectivity index (χ4n) is 1.19. The summed E-state index contributed by atoms with van der Waals surface area (Å²) in [6.07, 6.45) is 1.29. The van der Waals surface area contributed by atoms with Crippen LogP contribution in [0.3, 0.4) is 0 Å². The Balaban J connectivity index is 2.36. The maximum Gasteiger partial charge on any atom is 0.135 e. The summed E-state index contributed by atoms with van der Waals surface area (Å²) in [5, 5.41) is 3.43. The van der Waals surface area contributed by atoms with Crippen LogP contribution in [-0.2, 0) is 0 Å². The van der Waals surface area contributed by atoms with Crippen LogP contribution in [0.4, 0.5) is 15.9 Å². The molecule has 0 amide bonds. The first kappa shape index (κ1) is 12.4. The Kier molecular flexibility index (Phi) is 3.66. The normalized spacial score (nSPS) is 10.4. The molecule has 1 aromatic carbocycles. The summed E-state index contributed by atoms with van der Waals surface area (Å²) in [5.74, 6) is -0.0910. The van der Waals surface area contributed by atoms with Gasteiger partial charge in [0.2, 0.25) is 0 Å². The number of hydrogen-bond donors (Lipinski definition) is 1. The minimum atomic E-state index is -0.508. The van der Waals surface area contributed by atoms with E-state index < -0.39 is 5.82 Å². The number of nitrogens with zero attached hydrogens (tertiary/aromatic N) is 2. The number of anilines is 2. The third-order valence-corrected chi connectivity index (χ3v) is 2.70. The van der Waals surface area contributed by atoms with E-state index in [1.807, 2.05) is 0 Å². The number of aromatic nitrogens is 2. The summed E-state index contributed by atoms with van der Waals surface area (Å²) in [4.78, 5) is 7.65. The predicted octanol–water partition coefficient (Wildman–Crippen LogP) is 4.32. The topological polar surface area (TPSA) is 37.8 Å². The van der Waals surface area contributed by atoms with Gasteiger partial charge in [0.1, 0.15) is 23.1 Å². The molecule has 0 spiro atoms. The van der Waals surface area contributed by atoms with Gasteiger partial charge in [-0.25, -0.2) is 14.4 Å². The predicted molar refractivity (Wildman–Crippen MR) is 66.7 cm³/mol. The lowest BCUT2D eigenvalue weighted by molar-refractivity contribution is 0.628. The maximum atomic E-state index is 13.0. The van der Waals surface area contributed by atoms with Crippen molar-refractivity contribution in [2.45, 2.75) is 0 Å². The monoisotopic (exact) mass is 291 g/mol. The van der Waals surface area contributed by atoms with Gasteiger partial charge in [0.05, 0.1) is 15.7 Å². The molecular formula is C10H5Cl3FN3. The van der Waals surface area contributed by atoms with Gasteiger partial charge in [-0.3, -0.25) is 0 Å². The second-order valence-corrected chi connectivity index (χ2v) is 4.30. The number of rotatable bonds is 2. The number of hydrogen-bond acceptors (Lipinski definition) is 3. The molecule has 0 unspecified atom stereocenters. The van der Waals surface area contributed by atoms with Crippen LogP contribution in [0, 0.1) is 5.82 Å². The van der Waals surface area contributed by atoms with E-state index in [9.17, 15) is 4.39 Å². The van der Waals surface area contributed by atoms with Gasteiger partial charge in [-0.05, 0) is 12.1 Å². The van der Waals surface area contributed by atoms with Crippen LogP contribution in [0.2, 0.25) is 15.2 Å². The summed E-state index contributed by atoms with van der Waals surface area (Å²) in [5.41, 5.74) is 0.365. The Bertz CT molecular complexity index is 539. The Morgan fingerprint density at radius 2 is 1.65 bits per heavy atom. The lowest BCUT2D eigenvalue weighted by Crippen LogP contribution is -1.96. The molecule has 2 aromatic rings. The van der Waals surface area contributed by atoms with Gasteiger partial charge >= 0.3 is 0 Å². The maximum absolute atomic E-state index is 13.0. The highest BCUT2D eigenvalue weighted by Crippen LogP contribution is 2.33. The largest absolute Gasteiger partial charge is 0.338 e. The lowest BCUT2D eigenvalue weighted by Gasteiger charge is -2.09. The molecule has 1 aromatic heterocycles. The van der Waals surface area contributed by atoms with Gasteiger partial charge in [0.25, 0.3) is 0 Å². The Hall–Kier alpha value is -1.10. The van der Waals surface area contributed by atoms with E-state index in [0.717, 1.165) is 12.1 Å². The fourth-order valence-corrected chi connectivity index (χ4v) is 1.89.